The highest BCUT2D eigenvalue weighted by molar-refractivity contribution is 7.60. The molecule has 0 aromatic heterocycles. The minimum atomic E-state index is -3.42. The Labute approximate surface area is 103 Å². The van der Waals surface area contributed by atoms with Gasteiger partial charge < -0.3 is 9.05 Å². The second kappa shape index (κ2) is 5.47. The van der Waals surface area contributed by atoms with Gasteiger partial charge in [-0.15, -0.1) is 0 Å². The Balaban J connectivity index is 3.12. The zero-order chi connectivity index (χ0) is 13.1. The van der Waals surface area contributed by atoms with Gasteiger partial charge in [-0.1, -0.05) is 19.9 Å². The first kappa shape index (κ1) is 14.6. The van der Waals surface area contributed by atoms with Crippen molar-refractivity contribution in [3.05, 3.63) is 11.4 Å². The molecule has 0 N–H and O–H groups in total. The molecule has 98 valence electrons. The van der Waals surface area contributed by atoms with Crippen LogP contribution in [0, 0.1) is 5.41 Å². The topological polar surface area (TPSA) is 52.6 Å². The van der Waals surface area contributed by atoms with Crippen molar-refractivity contribution in [2.75, 3.05) is 13.2 Å². The average Bonchev–Trinajstić information content (AvgIpc) is 2.22. The fraction of sp³-hybridized carbons (Fsp3) is 0.750. The third kappa shape index (κ3) is 3.51. The second-order valence-electron chi connectivity index (χ2n) is 4.77. The Morgan fingerprint density at radius 1 is 1.29 bits per heavy atom. The van der Waals surface area contributed by atoms with Crippen LogP contribution in [0.4, 0.5) is 0 Å². The van der Waals surface area contributed by atoms with Gasteiger partial charge in [-0.3, -0.25) is 9.36 Å². The van der Waals surface area contributed by atoms with E-state index in [1.165, 1.54) is 0 Å². The maximum absolute atomic E-state index is 12.5. The van der Waals surface area contributed by atoms with Crippen LogP contribution >= 0.6 is 7.60 Å². The zero-order valence-corrected chi connectivity index (χ0v) is 11.9. The first-order chi connectivity index (χ1) is 7.84. The van der Waals surface area contributed by atoms with E-state index < -0.39 is 7.60 Å². The molecule has 0 atom stereocenters. The van der Waals surface area contributed by atoms with E-state index in [-0.39, 0.29) is 29.7 Å². The van der Waals surface area contributed by atoms with Gasteiger partial charge in [0.15, 0.2) is 5.78 Å². The molecule has 0 unspecified atom stereocenters. The van der Waals surface area contributed by atoms with Gasteiger partial charge in [0.2, 0.25) is 0 Å². The lowest BCUT2D eigenvalue weighted by molar-refractivity contribution is -0.116. The summed E-state index contributed by atoms with van der Waals surface area (Å²) < 4.78 is 23.0. The van der Waals surface area contributed by atoms with Crippen LogP contribution in [0.15, 0.2) is 11.4 Å². The number of hydrogen-bond donors (Lipinski definition) is 0. The smallest absolute Gasteiger partial charge is 0.305 e. The number of rotatable bonds is 5. The van der Waals surface area contributed by atoms with Crippen molar-refractivity contribution in [1.29, 1.82) is 0 Å². The lowest BCUT2D eigenvalue weighted by Gasteiger charge is -2.29. The Morgan fingerprint density at radius 2 is 1.82 bits per heavy atom. The molecule has 1 aliphatic rings. The summed E-state index contributed by atoms with van der Waals surface area (Å²) in [6.45, 7) is 8.04. The van der Waals surface area contributed by atoms with Gasteiger partial charge in [0.25, 0.3) is 0 Å². The molecule has 4 nitrogen and oxygen atoms in total. The normalized spacial score (nSPS) is 20.2. The molecule has 0 saturated heterocycles. The van der Waals surface area contributed by atoms with Gasteiger partial charge >= 0.3 is 7.60 Å². The number of carbonyl (C=O) groups is 1. The maximum atomic E-state index is 12.5. The van der Waals surface area contributed by atoms with Crippen LogP contribution in [0.25, 0.3) is 0 Å². The molecule has 1 aliphatic carbocycles. The van der Waals surface area contributed by atoms with E-state index in [0.717, 1.165) is 6.42 Å². The lowest BCUT2D eigenvalue weighted by Crippen LogP contribution is -2.21. The molecule has 5 heteroatoms. The van der Waals surface area contributed by atoms with E-state index in [9.17, 15) is 9.36 Å². The number of allylic oxidation sites excluding steroid dienone is 2. The summed E-state index contributed by atoms with van der Waals surface area (Å²) in [6, 6.07) is 0. The van der Waals surface area contributed by atoms with Crippen molar-refractivity contribution >= 4 is 13.4 Å². The van der Waals surface area contributed by atoms with Gasteiger partial charge in [-0.05, 0) is 25.7 Å². The molecule has 0 aromatic rings. The molecule has 0 amide bonds. The Bertz CT molecular complexity index is 361. The Kier molecular flexibility index (Phi) is 4.70. The molecule has 0 radical (unpaired) electrons. The molecular weight excluding hydrogens is 239 g/mol. The van der Waals surface area contributed by atoms with Gasteiger partial charge in [0.05, 0.1) is 13.2 Å². The summed E-state index contributed by atoms with van der Waals surface area (Å²) in [6.07, 6.45) is 2.93. The predicted octanol–water partition coefficient (Wildman–Crippen LogP) is 3.53. The fourth-order valence-corrected chi connectivity index (χ4v) is 3.79. The number of carbonyl (C=O) groups excluding carboxylic acids is 1. The van der Waals surface area contributed by atoms with Crippen LogP contribution in [0.3, 0.4) is 0 Å². The molecule has 0 spiro atoms. The lowest BCUT2D eigenvalue weighted by atomic mass is 9.82. The molecule has 0 saturated carbocycles. The van der Waals surface area contributed by atoms with E-state index in [4.69, 9.17) is 9.05 Å². The van der Waals surface area contributed by atoms with Gasteiger partial charge in [-0.25, -0.2) is 0 Å². The standard InChI is InChI=1S/C12H21O4P/c1-5-15-17(14,16-6-2)11-9-12(3,4)8-7-10(11)13/h9H,5-8H2,1-4H3. The van der Waals surface area contributed by atoms with Crippen LogP contribution < -0.4 is 0 Å². The summed E-state index contributed by atoms with van der Waals surface area (Å²) in [4.78, 5) is 11.9. The van der Waals surface area contributed by atoms with Crippen LogP contribution in [-0.4, -0.2) is 19.0 Å². The van der Waals surface area contributed by atoms with Gasteiger partial charge in [-0.2, -0.15) is 0 Å². The molecule has 0 fully saturated rings. The van der Waals surface area contributed by atoms with E-state index in [2.05, 4.69) is 0 Å². The van der Waals surface area contributed by atoms with Gasteiger partial charge in [0, 0.05) is 6.42 Å². The van der Waals surface area contributed by atoms with Crippen LogP contribution in [-0.2, 0) is 18.4 Å². The minimum Gasteiger partial charge on any atom is -0.305 e. The van der Waals surface area contributed by atoms with Crippen molar-refractivity contribution in [3.8, 4) is 0 Å². The summed E-state index contributed by atoms with van der Waals surface area (Å²) in [5.41, 5.74) is -0.132. The molecule has 0 aliphatic heterocycles. The molecule has 0 aromatic carbocycles. The van der Waals surface area contributed by atoms with Crippen molar-refractivity contribution in [1.82, 2.24) is 0 Å². The van der Waals surface area contributed by atoms with Crippen LogP contribution in [0.2, 0.25) is 0 Å². The molecule has 0 bridgehead atoms. The first-order valence-corrected chi connectivity index (χ1v) is 7.54. The fourth-order valence-electron chi connectivity index (χ4n) is 1.83. The molecule has 1 rings (SSSR count). The highest BCUT2D eigenvalue weighted by Gasteiger charge is 2.39. The van der Waals surface area contributed by atoms with Crippen molar-refractivity contribution < 1.29 is 18.4 Å². The van der Waals surface area contributed by atoms with Crippen LogP contribution in [0.5, 0.6) is 0 Å². The second-order valence-corrected chi connectivity index (χ2v) is 6.77. The number of ketones is 1. The number of hydrogen-bond acceptors (Lipinski definition) is 4. The van der Waals surface area contributed by atoms with Crippen LogP contribution in [0.1, 0.15) is 40.5 Å². The van der Waals surface area contributed by atoms with Crippen molar-refractivity contribution in [2.45, 2.75) is 40.5 Å². The van der Waals surface area contributed by atoms with E-state index >= 15 is 0 Å². The minimum absolute atomic E-state index is 0.116. The summed E-state index contributed by atoms with van der Waals surface area (Å²) in [7, 11) is -3.42. The van der Waals surface area contributed by atoms with Crippen molar-refractivity contribution in [3.63, 3.8) is 0 Å². The molecule has 17 heavy (non-hydrogen) atoms. The SMILES string of the molecule is CCOP(=O)(OCC)C1=CC(C)(C)CCC1=O. The number of Topliss-reactive ketones (excluding diaryl/α,β-unsaturated/α-hetero) is 1. The summed E-state index contributed by atoms with van der Waals surface area (Å²) >= 11 is 0. The predicted molar refractivity (Wildman–Crippen MR) is 67.0 cm³/mol. The highest BCUT2D eigenvalue weighted by atomic mass is 31.2. The zero-order valence-electron chi connectivity index (χ0n) is 11.0. The first-order valence-electron chi connectivity index (χ1n) is 6.00. The molecular formula is C12H21O4P. The Hall–Kier alpha value is -0.440. The highest BCUT2D eigenvalue weighted by Crippen LogP contribution is 2.59. The third-order valence-electron chi connectivity index (χ3n) is 2.70. The average molecular weight is 260 g/mol. The largest absolute Gasteiger partial charge is 0.364 e. The van der Waals surface area contributed by atoms with Gasteiger partial charge in [0.1, 0.15) is 5.31 Å². The van der Waals surface area contributed by atoms with E-state index in [0.29, 0.717) is 6.42 Å². The van der Waals surface area contributed by atoms with Crippen molar-refractivity contribution in [2.24, 2.45) is 5.41 Å². The van der Waals surface area contributed by atoms with E-state index in [1.54, 1.807) is 19.9 Å². The monoisotopic (exact) mass is 260 g/mol. The summed E-state index contributed by atoms with van der Waals surface area (Å²) in [5.74, 6) is -0.116. The quantitative estimate of drug-likeness (QED) is 0.709. The Morgan fingerprint density at radius 3 is 2.29 bits per heavy atom. The van der Waals surface area contributed by atoms with E-state index in [1.807, 2.05) is 13.8 Å². The molecule has 0 heterocycles. The summed E-state index contributed by atoms with van der Waals surface area (Å²) in [5, 5.41) is 0.234. The maximum Gasteiger partial charge on any atom is 0.364 e. The third-order valence-corrected chi connectivity index (χ3v) is 4.87.